The molecule has 0 bridgehead atoms. The fraction of sp³-hybridized carbons (Fsp3) is 0. The maximum Gasteiger partial charge on any atom is 0.149 e. The van der Waals surface area contributed by atoms with Crippen LogP contribution in [-0.2, 0) is 0 Å². The highest BCUT2D eigenvalue weighted by molar-refractivity contribution is 9.10. The van der Waals surface area contributed by atoms with Crippen LogP contribution in [0.1, 0.15) is 5.56 Å². The van der Waals surface area contributed by atoms with E-state index in [-0.39, 0.29) is 21.9 Å². The van der Waals surface area contributed by atoms with Crippen molar-refractivity contribution in [3.63, 3.8) is 0 Å². The zero-order chi connectivity index (χ0) is 13.3. The van der Waals surface area contributed by atoms with Gasteiger partial charge in [0, 0.05) is 11.1 Å². The topological polar surface area (TPSA) is 44.0 Å². The number of benzene rings is 2. The number of rotatable bonds is 1. The van der Waals surface area contributed by atoms with Crippen molar-refractivity contribution in [2.45, 2.75) is 0 Å². The van der Waals surface area contributed by atoms with Crippen molar-refractivity contribution in [2.75, 3.05) is 0 Å². The van der Waals surface area contributed by atoms with E-state index in [1.807, 2.05) is 6.07 Å². The number of phenolic OH excluding ortho intramolecular Hbond substituents is 1. The monoisotopic (exact) mass is 325 g/mol. The maximum absolute atomic E-state index is 13.9. The molecule has 2 rings (SSSR count). The third kappa shape index (κ3) is 2.20. The number of hydrogen-bond donors (Lipinski definition) is 1. The first-order chi connectivity index (χ1) is 8.54. The Morgan fingerprint density at radius 1 is 1.28 bits per heavy atom. The molecule has 2 aromatic carbocycles. The zero-order valence-corrected chi connectivity index (χ0v) is 11.3. The molecule has 0 heterocycles. The number of hydrogen-bond acceptors (Lipinski definition) is 2. The van der Waals surface area contributed by atoms with Crippen LogP contribution >= 0.6 is 27.5 Å². The van der Waals surface area contributed by atoms with Crippen LogP contribution in [0, 0.1) is 17.1 Å². The average Bonchev–Trinajstić information content (AvgIpc) is 2.36. The van der Waals surface area contributed by atoms with Gasteiger partial charge >= 0.3 is 0 Å². The van der Waals surface area contributed by atoms with E-state index in [0.29, 0.717) is 10.0 Å². The summed E-state index contributed by atoms with van der Waals surface area (Å²) in [6.45, 7) is 0. The molecule has 0 fully saturated rings. The van der Waals surface area contributed by atoms with Crippen LogP contribution in [-0.4, -0.2) is 5.11 Å². The summed E-state index contributed by atoms with van der Waals surface area (Å²) in [6, 6.07) is 9.30. The van der Waals surface area contributed by atoms with Crippen molar-refractivity contribution in [2.24, 2.45) is 0 Å². The minimum atomic E-state index is -0.628. The standard InChI is InChI=1S/C13H6BrClFNO/c14-10-5-7(6-17)4-9(13(10)18)8-2-1-3-11(15)12(8)16/h1-5,18H. The molecule has 2 nitrogen and oxygen atoms in total. The molecule has 1 N–H and O–H groups in total. The average molecular weight is 327 g/mol. The van der Waals surface area contributed by atoms with Gasteiger partial charge in [-0.05, 0) is 34.1 Å². The number of phenols is 1. The Balaban J connectivity index is 2.75. The first kappa shape index (κ1) is 12.9. The maximum atomic E-state index is 13.9. The number of nitriles is 1. The zero-order valence-electron chi connectivity index (χ0n) is 8.92. The molecule has 0 amide bonds. The second kappa shape index (κ2) is 4.97. The Hall–Kier alpha value is -1.57. The third-order valence-corrected chi connectivity index (χ3v) is 3.33. The SMILES string of the molecule is N#Cc1cc(Br)c(O)c(-c2cccc(Cl)c2F)c1. The summed E-state index contributed by atoms with van der Waals surface area (Å²) >= 11 is 8.82. The molecule has 0 saturated carbocycles. The lowest BCUT2D eigenvalue weighted by molar-refractivity contribution is 0.473. The van der Waals surface area contributed by atoms with Gasteiger partial charge in [-0.15, -0.1) is 0 Å². The van der Waals surface area contributed by atoms with E-state index >= 15 is 0 Å². The van der Waals surface area contributed by atoms with Crippen molar-refractivity contribution in [1.29, 1.82) is 5.26 Å². The number of aromatic hydroxyl groups is 1. The van der Waals surface area contributed by atoms with E-state index in [0.717, 1.165) is 0 Å². The molecule has 0 unspecified atom stereocenters. The molecule has 0 saturated heterocycles. The lowest BCUT2D eigenvalue weighted by atomic mass is 10.0. The fourth-order valence-electron chi connectivity index (χ4n) is 1.58. The van der Waals surface area contributed by atoms with Gasteiger partial charge in [0.2, 0.25) is 0 Å². The third-order valence-electron chi connectivity index (χ3n) is 2.43. The summed E-state index contributed by atoms with van der Waals surface area (Å²) in [7, 11) is 0. The molecule has 0 aliphatic heterocycles. The predicted octanol–water partition coefficient (Wildman–Crippen LogP) is 4.49. The molecule has 0 aromatic heterocycles. The Bertz CT molecular complexity index is 667. The minimum Gasteiger partial charge on any atom is -0.506 e. The highest BCUT2D eigenvalue weighted by atomic mass is 79.9. The van der Waals surface area contributed by atoms with Crippen molar-refractivity contribution in [3.8, 4) is 22.9 Å². The van der Waals surface area contributed by atoms with Crippen LogP contribution in [0.5, 0.6) is 5.75 Å². The van der Waals surface area contributed by atoms with E-state index in [4.69, 9.17) is 16.9 Å². The van der Waals surface area contributed by atoms with Crippen LogP contribution < -0.4 is 0 Å². The van der Waals surface area contributed by atoms with Crippen molar-refractivity contribution in [3.05, 3.63) is 51.2 Å². The first-order valence-electron chi connectivity index (χ1n) is 4.91. The van der Waals surface area contributed by atoms with Crippen molar-refractivity contribution in [1.82, 2.24) is 0 Å². The molecule has 0 radical (unpaired) electrons. The van der Waals surface area contributed by atoms with Gasteiger partial charge < -0.3 is 5.11 Å². The second-order valence-corrected chi connectivity index (χ2v) is 4.83. The van der Waals surface area contributed by atoms with E-state index in [9.17, 15) is 9.50 Å². The quantitative estimate of drug-likeness (QED) is 0.839. The van der Waals surface area contributed by atoms with Gasteiger partial charge in [0.15, 0.2) is 0 Å². The molecule has 0 atom stereocenters. The van der Waals surface area contributed by atoms with Gasteiger partial charge in [0.1, 0.15) is 11.6 Å². The summed E-state index contributed by atoms with van der Waals surface area (Å²) in [6.07, 6.45) is 0. The molecule has 0 spiro atoms. The van der Waals surface area contributed by atoms with E-state index in [1.165, 1.54) is 24.3 Å². The molecule has 0 aliphatic carbocycles. The Labute approximate surface area is 116 Å². The summed E-state index contributed by atoms with van der Waals surface area (Å²) in [5.41, 5.74) is 0.688. The van der Waals surface area contributed by atoms with Crippen LogP contribution in [0.2, 0.25) is 5.02 Å². The highest BCUT2D eigenvalue weighted by Gasteiger charge is 2.15. The van der Waals surface area contributed by atoms with E-state index in [1.54, 1.807) is 6.07 Å². The molecular formula is C13H6BrClFNO. The minimum absolute atomic E-state index is 0.0367. The molecular weight excluding hydrogens is 321 g/mol. The normalized spacial score (nSPS) is 10.1. The first-order valence-corrected chi connectivity index (χ1v) is 6.08. The van der Waals surface area contributed by atoms with E-state index < -0.39 is 5.82 Å². The van der Waals surface area contributed by atoms with Gasteiger partial charge in [0.25, 0.3) is 0 Å². The Morgan fingerprint density at radius 2 is 2.00 bits per heavy atom. The van der Waals surface area contributed by atoms with Crippen molar-refractivity contribution >= 4 is 27.5 Å². The van der Waals surface area contributed by atoms with Gasteiger partial charge in [-0.1, -0.05) is 23.7 Å². The predicted molar refractivity (Wildman–Crippen MR) is 70.9 cm³/mol. The van der Waals surface area contributed by atoms with Gasteiger partial charge in [-0.3, -0.25) is 0 Å². The molecule has 2 aromatic rings. The summed E-state index contributed by atoms with van der Waals surface area (Å²) in [5.74, 6) is -0.758. The van der Waals surface area contributed by atoms with Gasteiger partial charge in [0.05, 0.1) is 21.1 Å². The lowest BCUT2D eigenvalue weighted by Crippen LogP contribution is -1.88. The number of nitrogens with zero attached hydrogens (tertiary/aromatic N) is 1. The highest BCUT2D eigenvalue weighted by Crippen LogP contribution is 2.38. The fourth-order valence-corrected chi connectivity index (χ4v) is 2.22. The molecule has 18 heavy (non-hydrogen) atoms. The Kier molecular flexibility index (Phi) is 3.55. The van der Waals surface area contributed by atoms with Crippen LogP contribution in [0.25, 0.3) is 11.1 Å². The van der Waals surface area contributed by atoms with Gasteiger partial charge in [-0.2, -0.15) is 5.26 Å². The van der Waals surface area contributed by atoms with Crippen LogP contribution in [0.15, 0.2) is 34.8 Å². The molecule has 0 aliphatic rings. The lowest BCUT2D eigenvalue weighted by Gasteiger charge is -2.09. The van der Waals surface area contributed by atoms with Crippen LogP contribution in [0.4, 0.5) is 4.39 Å². The largest absolute Gasteiger partial charge is 0.506 e. The molecule has 5 heteroatoms. The summed E-state index contributed by atoms with van der Waals surface area (Å²) in [5, 5.41) is 18.8. The molecule has 90 valence electrons. The van der Waals surface area contributed by atoms with Gasteiger partial charge in [-0.25, -0.2) is 4.39 Å². The smallest absolute Gasteiger partial charge is 0.149 e. The second-order valence-electron chi connectivity index (χ2n) is 3.57. The number of halogens is 3. The van der Waals surface area contributed by atoms with Crippen molar-refractivity contribution < 1.29 is 9.50 Å². The van der Waals surface area contributed by atoms with Crippen LogP contribution in [0.3, 0.4) is 0 Å². The summed E-state index contributed by atoms with van der Waals surface area (Å²) < 4.78 is 14.2. The Morgan fingerprint density at radius 3 is 2.67 bits per heavy atom. The van der Waals surface area contributed by atoms with E-state index in [2.05, 4.69) is 15.9 Å². The summed E-state index contributed by atoms with van der Waals surface area (Å²) in [4.78, 5) is 0.